The van der Waals surface area contributed by atoms with E-state index in [4.69, 9.17) is 10.8 Å². The van der Waals surface area contributed by atoms with Crippen LogP contribution < -0.4 is 5.73 Å². The zero-order chi connectivity index (χ0) is 9.84. The third-order valence-corrected chi connectivity index (χ3v) is 1.77. The third kappa shape index (κ3) is 2.87. The van der Waals surface area contributed by atoms with Crippen molar-refractivity contribution < 1.29 is 9.90 Å². The summed E-state index contributed by atoms with van der Waals surface area (Å²) in [5, 5.41) is 8.36. The highest BCUT2D eigenvalue weighted by atomic mass is 79.9. The second kappa shape index (κ2) is 4.04. The van der Waals surface area contributed by atoms with Gasteiger partial charge >= 0.3 is 5.97 Å². The Bertz CT molecular complexity index is 363. The number of nitrogens with zero attached hydrogens (tertiary/aromatic N) is 1. The van der Waals surface area contributed by atoms with Crippen molar-refractivity contribution in [3.63, 3.8) is 0 Å². The summed E-state index contributed by atoms with van der Waals surface area (Å²) in [7, 11) is 0. The van der Waals surface area contributed by atoms with Crippen molar-refractivity contribution in [3.8, 4) is 0 Å². The van der Waals surface area contributed by atoms with E-state index in [9.17, 15) is 4.79 Å². The molecule has 0 aliphatic carbocycles. The van der Waals surface area contributed by atoms with Crippen molar-refractivity contribution >= 4 is 33.7 Å². The summed E-state index contributed by atoms with van der Waals surface area (Å²) in [6.45, 7) is 0. The largest absolute Gasteiger partial charge is 0.478 e. The molecule has 4 nitrogen and oxygen atoms in total. The zero-order valence-corrected chi connectivity index (χ0v) is 8.15. The van der Waals surface area contributed by atoms with Gasteiger partial charge in [-0.25, -0.2) is 9.78 Å². The molecule has 1 heterocycles. The van der Waals surface area contributed by atoms with Crippen LogP contribution in [-0.2, 0) is 4.79 Å². The normalized spacial score (nSPS) is 10.5. The molecule has 0 fully saturated rings. The van der Waals surface area contributed by atoms with Gasteiger partial charge in [-0.2, -0.15) is 0 Å². The van der Waals surface area contributed by atoms with E-state index in [1.54, 1.807) is 6.07 Å². The number of aromatic nitrogens is 1. The zero-order valence-electron chi connectivity index (χ0n) is 6.57. The Morgan fingerprint density at radius 3 is 2.92 bits per heavy atom. The van der Waals surface area contributed by atoms with Crippen LogP contribution in [0.15, 0.2) is 22.9 Å². The first-order valence-corrected chi connectivity index (χ1v) is 4.21. The number of nitrogens with two attached hydrogens (primary N) is 1. The summed E-state index contributed by atoms with van der Waals surface area (Å²) in [5.74, 6) is -1.01. The minimum atomic E-state index is -1.01. The van der Waals surface area contributed by atoms with Gasteiger partial charge in [0, 0.05) is 23.5 Å². The molecule has 0 saturated carbocycles. The molecule has 0 amide bonds. The third-order valence-electron chi connectivity index (χ3n) is 1.34. The van der Waals surface area contributed by atoms with E-state index in [-0.39, 0.29) is 0 Å². The van der Waals surface area contributed by atoms with Gasteiger partial charge in [0.2, 0.25) is 0 Å². The average molecular weight is 243 g/mol. The van der Waals surface area contributed by atoms with Crippen LogP contribution in [0, 0.1) is 0 Å². The fourth-order valence-electron chi connectivity index (χ4n) is 0.755. The summed E-state index contributed by atoms with van der Waals surface area (Å²) in [4.78, 5) is 14.1. The number of halogens is 1. The van der Waals surface area contributed by atoms with Gasteiger partial charge in [-0.15, -0.1) is 0 Å². The molecule has 1 aromatic rings. The lowest BCUT2D eigenvalue weighted by Gasteiger charge is -1.98. The quantitative estimate of drug-likeness (QED) is 0.609. The number of hydrogen-bond acceptors (Lipinski definition) is 3. The second-order valence-electron chi connectivity index (χ2n) is 2.31. The first-order valence-electron chi connectivity index (χ1n) is 3.41. The molecule has 1 rings (SSSR count). The number of carboxylic acid groups (broad SMARTS) is 1. The molecule has 0 radical (unpaired) electrons. The molecule has 3 N–H and O–H groups in total. The van der Waals surface area contributed by atoms with Crippen LogP contribution in [0.2, 0.25) is 0 Å². The van der Waals surface area contributed by atoms with Gasteiger partial charge in [-0.3, -0.25) is 0 Å². The summed E-state index contributed by atoms with van der Waals surface area (Å²) in [6.07, 6.45) is 3.91. The van der Waals surface area contributed by atoms with Crippen LogP contribution in [0.25, 0.3) is 6.08 Å². The predicted octanol–water partition coefficient (Wildman–Crippen LogP) is 1.52. The van der Waals surface area contributed by atoms with Gasteiger partial charge in [0.15, 0.2) is 0 Å². The highest BCUT2D eigenvalue weighted by Crippen LogP contribution is 2.16. The summed E-state index contributed by atoms with van der Waals surface area (Å²) in [6, 6.07) is 1.61. The fraction of sp³-hybridized carbons (Fsp3) is 0. The number of nitrogen functional groups attached to an aromatic ring is 1. The van der Waals surface area contributed by atoms with Crippen molar-refractivity contribution in [1.29, 1.82) is 0 Å². The first kappa shape index (κ1) is 9.73. The Morgan fingerprint density at radius 1 is 1.69 bits per heavy atom. The van der Waals surface area contributed by atoms with Crippen molar-refractivity contribution in [2.75, 3.05) is 5.73 Å². The van der Waals surface area contributed by atoms with Gasteiger partial charge in [-0.05, 0) is 28.1 Å². The van der Waals surface area contributed by atoms with Gasteiger partial charge in [0.05, 0.1) is 0 Å². The molecular formula is C8H7BrN2O2. The van der Waals surface area contributed by atoms with Crippen molar-refractivity contribution in [1.82, 2.24) is 4.98 Å². The Hall–Kier alpha value is -1.36. The highest BCUT2D eigenvalue weighted by Gasteiger charge is 1.97. The monoisotopic (exact) mass is 242 g/mol. The molecule has 1 aromatic heterocycles. The van der Waals surface area contributed by atoms with Crippen molar-refractivity contribution in [2.45, 2.75) is 0 Å². The van der Waals surface area contributed by atoms with Crippen LogP contribution in [0.1, 0.15) is 5.56 Å². The Labute approximate surface area is 83.2 Å². The number of carboxylic acids is 1. The van der Waals surface area contributed by atoms with Crippen LogP contribution in [-0.4, -0.2) is 16.1 Å². The van der Waals surface area contributed by atoms with E-state index >= 15 is 0 Å². The lowest BCUT2D eigenvalue weighted by atomic mass is 10.2. The standard InChI is InChI=1S/C8H7BrN2O2/c9-7-3-6(10)5(4-11-7)1-2-8(12)13/h1-4H,(H2,10,11)(H,12,13)/b2-1+. The number of anilines is 1. The maximum absolute atomic E-state index is 10.2. The lowest BCUT2D eigenvalue weighted by molar-refractivity contribution is -0.131. The molecule has 0 saturated heterocycles. The molecule has 5 heteroatoms. The second-order valence-corrected chi connectivity index (χ2v) is 3.12. The summed E-state index contributed by atoms with van der Waals surface area (Å²) >= 11 is 3.14. The van der Waals surface area contributed by atoms with Gasteiger partial charge in [0.25, 0.3) is 0 Å². The smallest absolute Gasteiger partial charge is 0.328 e. The first-order chi connectivity index (χ1) is 6.09. The van der Waals surface area contributed by atoms with Crippen LogP contribution in [0.4, 0.5) is 5.69 Å². The van der Waals surface area contributed by atoms with E-state index in [1.165, 1.54) is 12.3 Å². The van der Waals surface area contributed by atoms with E-state index in [0.717, 1.165) is 6.08 Å². The fourth-order valence-corrected chi connectivity index (χ4v) is 1.10. The molecule has 68 valence electrons. The maximum Gasteiger partial charge on any atom is 0.328 e. The molecule has 0 aliphatic rings. The van der Waals surface area contributed by atoms with Crippen LogP contribution in [0.5, 0.6) is 0 Å². The molecule has 0 bridgehead atoms. The number of carbonyl (C=O) groups is 1. The van der Waals surface area contributed by atoms with Crippen LogP contribution >= 0.6 is 15.9 Å². The highest BCUT2D eigenvalue weighted by molar-refractivity contribution is 9.10. The molecule has 0 unspecified atom stereocenters. The Kier molecular flexibility index (Phi) is 3.02. The van der Waals surface area contributed by atoms with E-state index in [2.05, 4.69) is 20.9 Å². The molecular weight excluding hydrogens is 236 g/mol. The molecule has 0 spiro atoms. The minimum Gasteiger partial charge on any atom is -0.478 e. The van der Waals surface area contributed by atoms with Gasteiger partial charge in [-0.1, -0.05) is 0 Å². The maximum atomic E-state index is 10.2. The van der Waals surface area contributed by atoms with Crippen molar-refractivity contribution in [3.05, 3.63) is 28.5 Å². The topological polar surface area (TPSA) is 76.2 Å². The summed E-state index contributed by atoms with van der Waals surface area (Å²) < 4.78 is 0.623. The molecule has 0 aromatic carbocycles. The SMILES string of the molecule is Nc1cc(Br)ncc1/C=C/C(=O)O. The number of hydrogen-bond donors (Lipinski definition) is 2. The van der Waals surface area contributed by atoms with Gasteiger partial charge in [0.1, 0.15) is 4.60 Å². The molecule has 0 atom stereocenters. The average Bonchev–Trinajstić information content (AvgIpc) is 2.02. The van der Waals surface area contributed by atoms with Gasteiger partial charge < -0.3 is 10.8 Å². The molecule has 0 aliphatic heterocycles. The number of aliphatic carboxylic acids is 1. The van der Waals surface area contributed by atoms with Crippen molar-refractivity contribution in [2.24, 2.45) is 0 Å². The van der Waals surface area contributed by atoms with E-state index in [1.807, 2.05) is 0 Å². The van der Waals surface area contributed by atoms with Crippen LogP contribution in [0.3, 0.4) is 0 Å². The predicted molar refractivity (Wildman–Crippen MR) is 53.0 cm³/mol. The van der Waals surface area contributed by atoms with E-state index in [0.29, 0.717) is 15.9 Å². The summed E-state index contributed by atoms with van der Waals surface area (Å²) in [5.41, 5.74) is 6.67. The minimum absolute atomic E-state index is 0.486. The number of pyridine rings is 1. The lowest BCUT2D eigenvalue weighted by Crippen LogP contribution is -1.92. The molecule has 13 heavy (non-hydrogen) atoms. The number of rotatable bonds is 2. The van der Waals surface area contributed by atoms with E-state index < -0.39 is 5.97 Å². The Morgan fingerprint density at radius 2 is 2.38 bits per heavy atom. The Balaban J connectivity index is 2.96.